The van der Waals surface area contributed by atoms with Crippen molar-refractivity contribution in [3.8, 4) is 0 Å². The summed E-state index contributed by atoms with van der Waals surface area (Å²) in [7, 11) is -3.08. The Hall–Kier alpha value is -1.44. The highest BCUT2D eigenvalue weighted by atomic mass is 32.2. The number of aromatic nitrogens is 1. The number of fused-ring (bicyclic) bond motifs is 1. The third-order valence-corrected chi connectivity index (χ3v) is 6.09. The van der Waals surface area contributed by atoms with Crippen molar-refractivity contribution in [2.45, 2.75) is 19.9 Å². The van der Waals surface area contributed by atoms with Gasteiger partial charge in [-0.15, -0.1) is 0 Å². The SMILES string of the molecule is CCCS(=O)(=O)N1CCN(Cc2noc3ccccc23)CC1. The first kappa shape index (κ1) is 15.5. The van der Waals surface area contributed by atoms with Gasteiger partial charge in [0, 0.05) is 38.1 Å². The Morgan fingerprint density at radius 1 is 1.18 bits per heavy atom. The van der Waals surface area contributed by atoms with Gasteiger partial charge in [-0.25, -0.2) is 8.42 Å². The van der Waals surface area contributed by atoms with E-state index in [2.05, 4.69) is 10.1 Å². The molecular weight excluding hydrogens is 302 g/mol. The van der Waals surface area contributed by atoms with Crippen LogP contribution in [-0.2, 0) is 16.6 Å². The van der Waals surface area contributed by atoms with Gasteiger partial charge in [-0.2, -0.15) is 4.31 Å². The van der Waals surface area contributed by atoms with E-state index in [-0.39, 0.29) is 5.75 Å². The van der Waals surface area contributed by atoms with Crippen molar-refractivity contribution >= 4 is 21.0 Å². The Labute approximate surface area is 130 Å². The predicted molar refractivity (Wildman–Crippen MR) is 84.9 cm³/mol. The molecule has 0 radical (unpaired) electrons. The topological polar surface area (TPSA) is 66.7 Å². The van der Waals surface area contributed by atoms with Gasteiger partial charge in [-0.1, -0.05) is 24.2 Å². The highest BCUT2D eigenvalue weighted by molar-refractivity contribution is 7.89. The second kappa shape index (κ2) is 6.36. The summed E-state index contributed by atoms with van der Waals surface area (Å²) in [4.78, 5) is 2.22. The Morgan fingerprint density at radius 2 is 1.91 bits per heavy atom. The van der Waals surface area contributed by atoms with Crippen LogP contribution >= 0.6 is 0 Å². The number of benzene rings is 1. The first-order chi connectivity index (χ1) is 10.6. The quantitative estimate of drug-likeness (QED) is 0.837. The molecule has 6 nitrogen and oxygen atoms in total. The van der Waals surface area contributed by atoms with Gasteiger partial charge in [0.2, 0.25) is 10.0 Å². The molecule has 1 aliphatic heterocycles. The maximum Gasteiger partial charge on any atom is 0.214 e. The lowest BCUT2D eigenvalue weighted by molar-refractivity contribution is 0.178. The summed E-state index contributed by atoms with van der Waals surface area (Å²) in [5, 5.41) is 5.17. The van der Waals surface area contributed by atoms with Crippen LogP contribution in [-0.4, -0.2) is 54.7 Å². The standard InChI is InChI=1S/C15H21N3O3S/c1-2-11-22(19,20)18-9-7-17(8-10-18)12-14-13-5-3-4-6-15(13)21-16-14/h3-6H,2,7-12H2,1H3. The fraction of sp³-hybridized carbons (Fsp3) is 0.533. The van der Waals surface area contributed by atoms with E-state index in [4.69, 9.17) is 4.52 Å². The van der Waals surface area contributed by atoms with Gasteiger partial charge in [0.05, 0.1) is 5.75 Å². The van der Waals surface area contributed by atoms with Gasteiger partial charge < -0.3 is 4.52 Å². The minimum Gasteiger partial charge on any atom is -0.356 e. The molecule has 7 heteroatoms. The molecule has 22 heavy (non-hydrogen) atoms. The zero-order chi connectivity index (χ0) is 15.6. The van der Waals surface area contributed by atoms with Crippen molar-refractivity contribution in [1.82, 2.24) is 14.4 Å². The Morgan fingerprint density at radius 3 is 2.64 bits per heavy atom. The molecule has 1 aromatic heterocycles. The third kappa shape index (κ3) is 3.16. The summed E-state index contributed by atoms with van der Waals surface area (Å²) in [6.45, 7) is 5.15. The number of nitrogens with zero attached hydrogens (tertiary/aromatic N) is 3. The molecule has 0 atom stereocenters. The first-order valence-corrected chi connectivity index (χ1v) is 9.24. The molecular formula is C15H21N3O3S. The maximum atomic E-state index is 12.1. The molecule has 0 unspecified atom stereocenters. The van der Waals surface area contributed by atoms with Crippen LogP contribution in [0.15, 0.2) is 28.8 Å². The summed E-state index contributed by atoms with van der Waals surface area (Å²) in [6.07, 6.45) is 0.660. The van der Waals surface area contributed by atoms with Crippen molar-refractivity contribution < 1.29 is 12.9 Å². The lowest BCUT2D eigenvalue weighted by atomic mass is 10.2. The smallest absolute Gasteiger partial charge is 0.214 e. The summed E-state index contributed by atoms with van der Waals surface area (Å²) >= 11 is 0. The van der Waals surface area contributed by atoms with Gasteiger partial charge in [0.15, 0.2) is 5.58 Å². The van der Waals surface area contributed by atoms with E-state index in [1.54, 1.807) is 4.31 Å². The largest absolute Gasteiger partial charge is 0.356 e. The Kier molecular flexibility index (Phi) is 4.46. The van der Waals surface area contributed by atoms with Crippen LogP contribution in [0, 0.1) is 0 Å². The maximum absolute atomic E-state index is 12.1. The van der Waals surface area contributed by atoms with E-state index in [1.807, 2.05) is 31.2 Å². The number of hydrogen-bond acceptors (Lipinski definition) is 5. The molecule has 0 bridgehead atoms. The van der Waals surface area contributed by atoms with E-state index >= 15 is 0 Å². The zero-order valence-corrected chi connectivity index (χ0v) is 13.6. The van der Waals surface area contributed by atoms with Crippen molar-refractivity contribution in [3.05, 3.63) is 30.0 Å². The van der Waals surface area contributed by atoms with Gasteiger partial charge in [-0.05, 0) is 18.6 Å². The lowest BCUT2D eigenvalue weighted by Gasteiger charge is -2.33. The number of piperazine rings is 1. The summed E-state index contributed by atoms with van der Waals surface area (Å²) in [5.74, 6) is 0.237. The van der Waals surface area contributed by atoms with Gasteiger partial charge >= 0.3 is 0 Å². The van der Waals surface area contributed by atoms with Crippen LogP contribution in [0.25, 0.3) is 11.0 Å². The molecule has 3 rings (SSSR count). The Balaban J connectivity index is 1.63. The number of rotatable bonds is 5. The molecule has 0 N–H and O–H groups in total. The number of sulfonamides is 1. The van der Waals surface area contributed by atoms with Crippen LogP contribution < -0.4 is 0 Å². The van der Waals surface area contributed by atoms with E-state index in [0.717, 1.165) is 29.8 Å². The number of para-hydroxylation sites is 1. The molecule has 0 amide bonds. The second-order valence-corrected chi connectivity index (χ2v) is 7.71. The molecule has 1 fully saturated rings. The molecule has 1 saturated heterocycles. The van der Waals surface area contributed by atoms with Crippen LogP contribution in [0.3, 0.4) is 0 Å². The summed E-state index contributed by atoms with van der Waals surface area (Å²) < 4.78 is 31.0. The molecule has 0 aliphatic carbocycles. The molecule has 2 heterocycles. The van der Waals surface area contributed by atoms with Crippen LogP contribution in [0.1, 0.15) is 19.0 Å². The fourth-order valence-electron chi connectivity index (χ4n) is 2.82. The molecule has 2 aromatic rings. The third-order valence-electron chi connectivity index (χ3n) is 4.01. The van der Waals surface area contributed by atoms with E-state index in [9.17, 15) is 8.42 Å². The predicted octanol–water partition coefficient (Wildman–Crippen LogP) is 1.69. The zero-order valence-electron chi connectivity index (χ0n) is 12.7. The van der Waals surface area contributed by atoms with Crippen molar-refractivity contribution in [2.75, 3.05) is 31.9 Å². The first-order valence-electron chi connectivity index (χ1n) is 7.63. The minimum absolute atomic E-state index is 0.237. The Bertz CT molecular complexity index is 733. The average Bonchev–Trinajstić information content (AvgIpc) is 2.91. The summed E-state index contributed by atoms with van der Waals surface area (Å²) in [6, 6.07) is 7.80. The van der Waals surface area contributed by atoms with Crippen LogP contribution in [0.5, 0.6) is 0 Å². The molecule has 1 aromatic carbocycles. The highest BCUT2D eigenvalue weighted by Crippen LogP contribution is 2.20. The minimum atomic E-state index is -3.08. The second-order valence-electron chi connectivity index (χ2n) is 5.62. The molecule has 0 spiro atoms. The van der Waals surface area contributed by atoms with Gasteiger partial charge in [-0.3, -0.25) is 4.90 Å². The molecule has 1 aliphatic rings. The van der Waals surface area contributed by atoms with Gasteiger partial charge in [0.25, 0.3) is 0 Å². The van der Waals surface area contributed by atoms with E-state index < -0.39 is 10.0 Å². The van der Waals surface area contributed by atoms with Crippen molar-refractivity contribution in [3.63, 3.8) is 0 Å². The van der Waals surface area contributed by atoms with Crippen LogP contribution in [0.4, 0.5) is 0 Å². The van der Waals surface area contributed by atoms with E-state index in [1.165, 1.54) is 0 Å². The van der Waals surface area contributed by atoms with Crippen molar-refractivity contribution in [1.29, 1.82) is 0 Å². The summed E-state index contributed by atoms with van der Waals surface area (Å²) in [5.41, 5.74) is 1.71. The van der Waals surface area contributed by atoms with Crippen molar-refractivity contribution in [2.24, 2.45) is 0 Å². The van der Waals surface area contributed by atoms with E-state index in [0.29, 0.717) is 26.1 Å². The number of hydrogen-bond donors (Lipinski definition) is 0. The molecule has 120 valence electrons. The molecule has 0 saturated carbocycles. The van der Waals surface area contributed by atoms with Gasteiger partial charge in [0.1, 0.15) is 5.69 Å². The average molecular weight is 323 g/mol. The fourth-order valence-corrected chi connectivity index (χ4v) is 4.31. The lowest BCUT2D eigenvalue weighted by Crippen LogP contribution is -2.48. The normalized spacial score (nSPS) is 18.0. The highest BCUT2D eigenvalue weighted by Gasteiger charge is 2.26. The monoisotopic (exact) mass is 323 g/mol. The van der Waals surface area contributed by atoms with Crippen LogP contribution in [0.2, 0.25) is 0 Å².